The van der Waals surface area contributed by atoms with Crippen LogP contribution < -0.4 is 20.3 Å². The number of hydrogen-bond acceptors (Lipinski definition) is 6. The Morgan fingerprint density at radius 2 is 2.03 bits per heavy atom. The third-order valence-electron chi connectivity index (χ3n) is 5.99. The number of thiocarbonyl (C=S) groups is 1. The molecule has 2 atom stereocenters. The van der Waals surface area contributed by atoms with E-state index in [0.29, 0.717) is 24.1 Å². The molecule has 3 aliphatic rings. The van der Waals surface area contributed by atoms with E-state index in [1.165, 1.54) is 11.8 Å². The molecule has 0 spiro atoms. The Morgan fingerprint density at radius 3 is 2.94 bits per heavy atom. The zero-order valence-corrected chi connectivity index (χ0v) is 18.5. The smallest absolute Gasteiger partial charge is 0.250 e. The van der Waals surface area contributed by atoms with Crippen LogP contribution in [0.2, 0.25) is 0 Å². The summed E-state index contributed by atoms with van der Waals surface area (Å²) in [4.78, 5) is 26.7. The number of pyridine rings is 1. The van der Waals surface area contributed by atoms with Gasteiger partial charge in [-0.2, -0.15) is 0 Å². The lowest BCUT2D eigenvalue weighted by Crippen LogP contribution is -2.48. The number of amides is 1. The van der Waals surface area contributed by atoms with Gasteiger partial charge in [0, 0.05) is 43.9 Å². The molecule has 0 radical (unpaired) electrons. The van der Waals surface area contributed by atoms with Gasteiger partial charge in [0.15, 0.2) is 11.5 Å². The number of nitrogens with zero attached hydrogens (tertiary/aromatic N) is 2. The van der Waals surface area contributed by atoms with Crippen molar-refractivity contribution in [1.82, 2.24) is 14.8 Å². The maximum atomic E-state index is 12.3. The fourth-order valence-electron chi connectivity index (χ4n) is 4.57. The molecule has 7 nitrogen and oxygen atoms in total. The van der Waals surface area contributed by atoms with Crippen molar-refractivity contribution in [3.05, 3.63) is 58.0 Å². The van der Waals surface area contributed by atoms with Crippen LogP contribution in [0.5, 0.6) is 11.5 Å². The monoisotopic (exact) mass is 457 g/mol. The highest BCUT2D eigenvalue weighted by molar-refractivity contribution is 8.23. The highest BCUT2D eigenvalue weighted by atomic mass is 32.2. The van der Waals surface area contributed by atoms with Crippen LogP contribution in [0.4, 0.5) is 0 Å². The molecular weight excluding hydrogens is 434 g/mol. The second-order valence-electron chi connectivity index (χ2n) is 8.12. The number of fused-ring (bicyclic) bond motifs is 5. The van der Waals surface area contributed by atoms with E-state index in [-0.39, 0.29) is 24.0 Å². The van der Waals surface area contributed by atoms with Crippen LogP contribution in [-0.4, -0.2) is 45.3 Å². The molecule has 5 rings (SSSR count). The summed E-state index contributed by atoms with van der Waals surface area (Å²) in [6.45, 7) is 3.04. The van der Waals surface area contributed by atoms with Crippen molar-refractivity contribution >= 4 is 34.2 Å². The summed E-state index contributed by atoms with van der Waals surface area (Å²) in [6, 6.07) is 11.2. The second-order valence-corrected chi connectivity index (χ2v) is 9.73. The molecule has 0 aliphatic carbocycles. The van der Waals surface area contributed by atoms with Crippen LogP contribution in [0.3, 0.4) is 0 Å². The lowest BCUT2D eigenvalue weighted by molar-refractivity contribution is -0.118. The van der Waals surface area contributed by atoms with Gasteiger partial charge in [0.25, 0.3) is 5.56 Å². The van der Waals surface area contributed by atoms with Crippen molar-refractivity contribution in [3.8, 4) is 11.5 Å². The minimum absolute atomic E-state index is 0.0564. The highest BCUT2D eigenvalue weighted by Gasteiger charge is 2.35. The van der Waals surface area contributed by atoms with Gasteiger partial charge in [0.1, 0.15) is 4.32 Å². The van der Waals surface area contributed by atoms with Crippen LogP contribution in [0.1, 0.15) is 23.6 Å². The van der Waals surface area contributed by atoms with E-state index in [2.05, 4.69) is 10.2 Å². The van der Waals surface area contributed by atoms with Crippen molar-refractivity contribution in [2.24, 2.45) is 5.92 Å². The van der Waals surface area contributed by atoms with Gasteiger partial charge in [-0.1, -0.05) is 36.1 Å². The molecule has 1 saturated heterocycles. The van der Waals surface area contributed by atoms with E-state index in [4.69, 9.17) is 21.7 Å². The first-order valence-electron chi connectivity index (χ1n) is 10.3. The molecule has 2 unspecified atom stereocenters. The van der Waals surface area contributed by atoms with Crippen molar-refractivity contribution in [1.29, 1.82) is 0 Å². The average molecular weight is 458 g/mol. The maximum absolute atomic E-state index is 12.3. The van der Waals surface area contributed by atoms with Gasteiger partial charge in [0.05, 0.1) is 5.75 Å². The summed E-state index contributed by atoms with van der Waals surface area (Å²) in [5, 5.41) is 2.94. The quantitative estimate of drug-likeness (QED) is 0.707. The number of carbonyl (C=O) groups is 1. The van der Waals surface area contributed by atoms with E-state index in [9.17, 15) is 9.59 Å². The summed E-state index contributed by atoms with van der Waals surface area (Å²) in [5.74, 6) is 2.38. The number of likely N-dealkylation sites (tertiary alicyclic amines) is 1. The largest absolute Gasteiger partial charge is 0.454 e. The molecule has 1 amide bonds. The molecule has 31 heavy (non-hydrogen) atoms. The molecule has 1 N–H and O–H groups in total. The van der Waals surface area contributed by atoms with Crippen LogP contribution in [0.25, 0.3) is 0 Å². The topological polar surface area (TPSA) is 72.8 Å². The third kappa shape index (κ3) is 4.29. The van der Waals surface area contributed by atoms with E-state index in [0.717, 1.165) is 47.4 Å². The SMILES string of the molecule is O=C(CSC(=S)N1CC2CC(C1)c1cccc(=O)n1C2)NCc1ccc2c(c1)OCO2. The van der Waals surface area contributed by atoms with E-state index < -0.39 is 0 Å². The Morgan fingerprint density at radius 1 is 1.16 bits per heavy atom. The Balaban J connectivity index is 1.12. The predicted molar refractivity (Wildman–Crippen MR) is 123 cm³/mol. The Labute approximate surface area is 189 Å². The predicted octanol–water partition coefficient (Wildman–Crippen LogP) is 2.33. The van der Waals surface area contributed by atoms with Crippen molar-refractivity contribution in [2.45, 2.75) is 25.4 Å². The Hall–Kier alpha value is -2.52. The standard InChI is InChI=1S/C22H23N3O4S2/c26-20(23-8-14-4-5-18-19(7-14)29-13-28-18)12-31-22(30)24-9-15-6-16(11-24)17-2-1-3-21(27)25(17)10-15/h1-5,7,15-16H,6,8-13H2,(H,23,26). The fraction of sp³-hybridized carbons (Fsp3) is 0.409. The molecule has 2 bridgehead atoms. The number of piperidine rings is 1. The Kier molecular flexibility index (Phi) is 5.62. The van der Waals surface area contributed by atoms with Gasteiger partial charge in [0.2, 0.25) is 12.7 Å². The number of ether oxygens (including phenoxy) is 2. The van der Waals surface area contributed by atoms with Crippen molar-refractivity contribution in [2.75, 3.05) is 25.6 Å². The maximum Gasteiger partial charge on any atom is 0.250 e. The van der Waals surface area contributed by atoms with Crippen LogP contribution >= 0.6 is 24.0 Å². The van der Waals surface area contributed by atoms with Gasteiger partial charge >= 0.3 is 0 Å². The number of benzene rings is 1. The van der Waals surface area contributed by atoms with Crippen LogP contribution in [-0.2, 0) is 17.9 Å². The average Bonchev–Trinajstić information content (AvgIpc) is 3.24. The number of hydrogen-bond donors (Lipinski definition) is 1. The van der Waals surface area contributed by atoms with Gasteiger partial charge in [-0.05, 0) is 36.1 Å². The molecule has 1 aromatic heterocycles. The summed E-state index contributed by atoms with van der Waals surface area (Å²) in [5.41, 5.74) is 2.14. The lowest BCUT2D eigenvalue weighted by Gasteiger charge is -2.43. The molecule has 3 aliphatic heterocycles. The van der Waals surface area contributed by atoms with E-state index in [1.807, 2.05) is 34.9 Å². The van der Waals surface area contributed by atoms with E-state index >= 15 is 0 Å². The Bertz CT molecular complexity index is 1090. The summed E-state index contributed by atoms with van der Waals surface area (Å²) in [6.07, 6.45) is 1.09. The molecular formula is C22H23N3O4S2. The number of aromatic nitrogens is 1. The van der Waals surface area contributed by atoms with Gasteiger partial charge in [-0.25, -0.2) is 0 Å². The number of thioether (sulfide) groups is 1. The second kappa shape index (κ2) is 8.55. The number of rotatable bonds is 4. The van der Waals surface area contributed by atoms with Crippen LogP contribution in [0, 0.1) is 5.92 Å². The molecule has 162 valence electrons. The van der Waals surface area contributed by atoms with Crippen molar-refractivity contribution in [3.63, 3.8) is 0 Å². The molecule has 1 aromatic carbocycles. The summed E-state index contributed by atoms with van der Waals surface area (Å²) >= 11 is 7.04. The van der Waals surface area contributed by atoms with Gasteiger partial charge in [-0.3, -0.25) is 9.59 Å². The summed E-state index contributed by atoms with van der Waals surface area (Å²) in [7, 11) is 0. The normalized spacial score (nSPS) is 20.8. The number of carbonyl (C=O) groups excluding carboxylic acids is 1. The summed E-state index contributed by atoms with van der Waals surface area (Å²) < 4.78 is 13.3. The van der Waals surface area contributed by atoms with Gasteiger partial charge < -0.3 is 24.3 Å². The molecule has 0 saturated carbocycles. The van der Waals surface area contributed by atoms with Crippen LogP contribution in [0.15, 0.2) is 41.2 Å². The molecule has 2 aromatic rings. The third-order valence-corrected chi connectivity index (χ3v) is 7.51. The minimum Gasteiger partial charge on any atom is -0.454 e. The zero-order valence-electron chi connectivity index (χ0n) is 16.9. The first-order chi connectivity index (χ1) is 15.1. The minimum atomic E-state index is -0.0564. The first-order valence-corrected chi connectivity index (χ1v) is 11.7. The fourth-order valence-corrected chi connectivity index (χ4v) is 5.58. The molecule has 9 heteroatoms. The zero-order chi connectivity index (χ0) is 21.4. The molecule has 4 heterocycles. The van der Waals surface area contributed by atoms with Gasteiger partial charge in [-0.15, -0.1) is 0 Å². The van der Waals surface area contributed by atoms with Crippen molar-refractivity contribution < 1.29 is 14.3 Å². The van der Waals surface area contributed by atoms with E-state index in [1.54, 1.807) is 6.07 Å². The first kappa shape index (κ1) is 20.4. The number of nitrogens with one attached hydrogen (secondary N) is 1. The highest BCUT2D eigenvalue weighted by Crippen LogP contribution is 2.36. The lowest BCUT2D eigenvalue weighted by atomic mass is 9.83. The molecule has 1 fully saturated rings.